The van der Waals surface area contributed by atoms with Gasteiger partial charge in [0.05, 0.1) is 0 Å². The minimum absolute atomic E-state index is 0.0533. The highest BCUT2D eigenvalue weighted by atomic mass is 16.5. The first-order valence-electron chi connectivity index (χ1n) is 13.3. The third kappa shape index (κ3) is 6.47. The summed E-state index contributed by atoms with van der Waals surface area (Å²) in [5.41, 5.74) is 5.32. The highest BCUT2D eigenvalue weighted by Gasteiger charge is 2.39. The number of carbonyl (C=O) groups excluding carboxylic acids is 2. The molecule has 0 radical (unpaired) electrons. The zero-order valence-corrected chi connectivity index (χ0v) is 24.4. The zero-order chi connectivity index (χ0) is 27.3. The Bertz CT molecular complexity index is 1150. The molecule has 36 heavy (non-hydrogen) atoms. The molecule has 0 saturated carbocycles. The minimum atomic E-state index is -0.523. The van der Waals surface area contributed by atoms with Crippen LogP contribution in [0.15, 0.2) is 36.4 Å². The van der Waals surface area contributed by atoms with Crippen LogP contribution in [-0.2, 0) is 26.8 Å². The van der Waals surface area contributed by atoms with E-state index >= 15 is 0 Å². The maximum atomic E-state index is 13.3. The fourth-order valence-corrected chi connectivity index (χ4v) is 6.45. The van der Waals surface area contributed by atoms with E-state index in [0.717, 1.165) is 29.5 Å². The number of hydrogen-bond acceptors (Lipinski definition) is 3. The predicted molar refractivity (Wildman–Crippen MR) is 149 cm³/mol. The van der Waals surface area contributed by atoms with Gasteiger partial charge >= 0.3 is 5.97 Å². The van der Waals surface area contributed by atoms with Crippen molar-refractivity contribution in [3.05, 3.63) is 64.2 Å². The second kappa shape index (κ2) is 9.47. The van der Waals surface area contributed by atoms with Crippen molar-refractivity contribution in [2.75, 3.05) is 0 Å². The summed E-state index contributed by atoms with van der Waals surface area (Å²) >= 11 is 0. The maximum Gasteiger partial charge on any atom is 0.323 e. The lowest BCUT2D eigenvalue weighted by Gasteiger charge is -2.34. The molecule has 1 unspecified atom stereocenters. The zero-order valence-electron chi connectivity index (χ0n) is 24.4. The number of rotatable bonds is 7. The van der Waals surface area contributed by atoms with Gasteiger partial charge < -0.3 is 4.74 Å². The molecule has 0 amide bonds. The molecule has 1 aliphatic rings. The Labute approximate surface area is 219 Å². The van der Waals surface area contributed by atoms with Crippen LogP contribution in [0.5, 0.6) is 5.75 Å². The van der Waals surface area contributed by atoms with E-state index in [4.69, 9.17) is 4.74 Å². The number of ether oxygens (including phenoxy) is 1. The van der Waals surface area contributed by atoms with Crippen LogP contribution in [0.2, 0.25) is 0 Å². The summed E-state index contributed by atoms with van der Waals surface area (Å²) in [5.74, 6) is -0.0606. The number of carbonyl (C=O) groups is 2. The van der Waals surface area contributed by atoms with Crippen LogP contribution >= 0.6 is 0 Å². The SMILES string of the molecule is CC(=O)Cc1ccc(C(C)(C)CC(C)(C)C)cc1C1C(=O)Oc2ccc(C(C)(C)CC(C)(C)C)cc21. The van der Waals surface area contributed by atoms with Gasteiger partial charge in [-0.3, -0.25) is 9.59 Å². The normalized spacial score (nSPS) is 16.6. The van der Waals surface area contributed by atoms with E-state index in [-0.39, 0.29) is 33.4 Å². The third-order valence-corrected chi connectivity index (χ3v) is 7.17. The van der Waals surface area contributed by atoms with Crippen molar-refractivity contribution in [3.8, 4) is 5.75 Å². The Morgan fingerprint density at radius 3 is 1.69 bits per heavy atom. The number of hydrogen-bond donors (Lipinski definition) is 0. The van der Waals surface area contributed by atoms with Gasteiger partial charge in [0, 0.05) is 12.0 Å². The van der Waals surface area contributed by atoms with Gasteiger partial charge in [0.25, 0.3) is 0 Å². The summed E-state index contributed by atoms with van der Waals surface area (Å²) in [6, 6.07) is 12.6. The lowest BCUT2D eigenvalue weighted by Crippen LogP contribution is -2.26. The number of benzene rings is 2. The second-order valence-corrected chi connectivity index (χ2v) is 14.6. The molecule has 0 spiro atoms. The minimum Gasteiger partial charge on any atom is -0.425 e. The topological polar surface area (TPSA) is 43.4 Å². The lowest BCUT2D eigenvalue weighted by molar-refractivity contribution is -0.133. The Balaban J connectivity index is 2.16. The van der Waals surface area contributed by atoms with Gasteiger partial charge in [0.2, 0.25) is 0 Å². The number of Topliss-reactive ketones (excluding diaryl/α,β-unsaturated/α-hetero) is 1. The van der Waals surface area contributed by atoms with Crippen LogP contribution in [0.3, 0.4) is 0 Å². The first-order valence-corrected chi connectivity index (χ1v) is 13.3. The van der Waals surface area contributed by atoms with E-state index in [1.165, 1.54) is 11.1 Å². The van der Waals surface area contributed by atoms with Gasteiger partial charge in [-0.05, 0) is 69.7 Å². The van der Waals surface area contributed by atoms with Gasteiger partial charge in [-0.2, -0.15) is 0 Å². The van der Waals surface area contributed by atoms with E-state index < -0.39 is 5.92 Å². The molecule has 2 aromatic rings. The molecule has 196 valence electrons. The van der Waals surface area contributed by atoms with Crippen molar-refractivity contribution in [1.82, 2.24) is 0 Å². The lowest BCUT2D eigenvalue weighted by atomic mass is 9.70. The van der Waals surface area contributed by atoms with E-state index in [1.54, 1.807) is 6.92 Å². The fourth-order valence-electron chi connectivity index (χ4n) is 6.45. The molecule has 1 aliphatic heterocycles. The third-order valence-electron chi connectivity index (χ3n) is 7.17. The molecule has 3 nitrogen and oxygen atoms in total. The van der Waals surface area contributed by atoms with Crippen LogP contribution in [0.1, 0.15) is 123 Å². The molecule has 3 rings (SSSR count). The van der Waals surface area contributed by atoms with Crippen molar-refractivity contribution < 1.29 is 14.3 Å². The highest BCUT2D eigenvalue weighted by Crippen LogP contribution is 2.46. The van der Waals surface area contributed by atoms with Crippen LogP contribution in [0.4, 0.5) is 0 Å². The molecule has 0 N–H and O–H groups in total. The Morgan fingerprint density at radius 1 is 0.750 bits per heavy atom. The van der Waals surface area contributed by atoms with Crippen molar-refractivity contribution in [2.45, 2.75) is 112 Å². The molecule has 0 fully saturated rings. The Hall–Kier alpha value is -2.42. The monoisotopic (exact) mass is 490 g/mol. The van der Waals surface area contributed by atoms with Crippen LogP contribution < -0.4 is 4.74 Å². The van der Waals surface area contributed by atoms with E-state index in [1.807, 2.05) is 6.07 Å². The van der Waals surface area contributed by atoms with E-state index in [9.17, 15) is 9.59 Å². The summed E-state index contributed by atoms with van der Waals surface area (Å²) < 4.78 is 5.78. The van der Waals surface area contributed by atoms with Gasteiger partial charge in [-0.1, -0.05) is 99.6 Å². The van der Waals surface area contributed by atoms with Crippen molar-refractivity contribution >= 4 is 11.8 Å². The number of ketones is 1. The van der Waals surface area contributed by atoms with Gasteiger partial charge in [-0.15, -0.1) is 0 Å². The highest BCUT2D eigenvalue weighted by molar-refractivity contribution is 5.90. The molecular formula is C33H46O3. The summed E-state index contributed by atoms with van der Waals surface area (Å²) in [6.45, 7) is 24.2. The first-order chi connectivity index (χ1) is 16.3. The molecular weight excluding hydrogens is 444 g/mol. The quantitative estimate of drug-likeness (QED) is 0.290. The first kappa shape index (κ1) is 28.2. The van der Waals surface area contributed by atoms with Crippen LogP contribution in [0.25, 0.3) is 0 Å². The maximum absolute atomic E-state index is 13.3. The summed E-state index contributed by atoms with van der Waals surface area (Å²) in [6.07, 6.45) is 2.33. The Morgan fingerprint density at radius 2 is 1.22 bits per heavy atom. The fraction of sp³-hybridized carbons (Fsp3) is 0.576. The van der Waals surface area contributed by atoms with Crippen molar-refractivity contribution in [1.29, 1.82) is 0 Å². The Kier molecular flexibility index (Phi) is 7.41. The molecule has 0 aromatic heterocycles. The smallest absolute Gasteiger partial charge is 0.323 e. The molecule has 3 heteroatoms. The van der Waals surface area contributed by atoms with Crippen molar-refractivity contribution in [2.24, 2.45) is 10.8 Å². The number of fused-ring (bicyclic) bond motifs is 1. The van der Waals surface area contributed by atoms with Crippen LogP contribution in [-0.4, -0.2) is 11.8 Å². The predicted octanol–water partition coefficient (Wildman–Crippen LogP) is 8.30. The summed E-state index contributed by atoms with van der Waals surface area (Å²) in [4.78, 5) is 25.5. The van der Waals surface area contributed by atoms with Gasteiger partial charge in [0.1, 0.15) is 17.5 Å². The molecule has 2 aromatic carbocycles. The van der Waals surface area contributed by atoms with E-state index in [0.29, 0.717) is 12.2 Å². The molecule has 1 atom stereocenters. The standard InChI is InChI=1S/C33H46O3/c1-21(34)16-22-12-13-23(32(8,9)19-30(2,3)4)17-25(22)28-26-18-24(14-15-27(26)36-29(28)35)33(10,11)20-31(5,6)7/h12-15,17-18,28H,16,19-20H2,1-11H3. The molecule has 0 aliphatic carbocycles. The van der Waals surface area contributed by atoms with Crippen LogP contribution in [0, 0.1) is 10.8 Å². The molecule has 1 heterocycles. The summed E-state index contributed by atoms with van der Waals surface area (Å²) in [5, 5.41) is 0. The van der Waals surface area contributed by atoms with E-state index in [2.05, 4.69) is 99.6 Å². The average molecular weight is 491 g/mol. The average Bonchev–Trinajstić information content (AvgIpc) is 2.99. The second-order valence-electron chi connectivity index (χ2n) is 14.6. The molecule has 0 saturated heterocycles. The molecule has 0 bridgehead atoms. The van der Waals surface area contributed by atoms with Crippen molar-refractivity contribution in [3.63, 3.8) is 0 Å². The van der Waals surface area contributed by atoms with Gasteiger partial charge in [0.15, 0.2) is 0 Å². The summed E-state index contributed by atoms with van der Waals surface area (Å²) in [7, 11) is 0. The number of esters is 1. The van der Waals surface area contributed by atoms with Gasteiger partial charge in [-0.25, -0.2) is 0 Å². The largest absolute Gasteiger partial charge is 0.425 e.